The van der Waals surface area contributed by atoms with Crippen molar-refractivity contribution in [3.63, 3.8) is 0 Å². The maximum atomic E-state index is 6.43. The second-order valence-electron chi connectivity index (χ2n) is 11.2. The van der Waals surface area contributed by atoms with E-state index in [0.29, 0.717) is 0 Å². The van der Waals surface area contributed by atoms with Gasteiger partial charge in [-0.3, -0.25) is 0 Å². The van der Waals surface area contributed by atoms with Crippen LogP contribution in [0.2, 0.25) is 0 Å². The maximum absolute atomic E-state index is 6.43. The summed E-state index contributed by atoms with van der Waals surface area (Å²) in [4.78, 5) is 0. The quantitative estimate of drug-likeness (QED) is 0.195. The van der Waals surface area contributed by atoms with Gasteiger partial charge in [0.1, 0.15) is 16.7 Å². The van der Waals surface area contributed by atoms with Crippen LogP contribution in [0.5, 0.6) is 0 Å². The van der Waals surface area contributed by atoms with E-state index in [0.717, 1.165) is 32.9 Å². The molecular formula is C40H22O2S. The van der Waals surface area contributed by atoms with Crippen molar-refractivity contribution in [1.82, 2.24) is 0 Å². The molecule has 0 aliphatic rings. The lowest BCUT2D eigenvalue weighted by molar-refractivity contribution is 0.615. The fourth-order valence-electron chi connectivity index (χ4n) is 7.18. The highest BCUT2D eigenvalue weighted by molar-refractivity contribution is 7.25. The zero-order chi connectivity index (χ0) is 28.1. The largest absolute Gasteiger partial charge is 0.464 e. The average Bonchev–Trinajstić information content (AvgIpc) is 3.78. The van der Waals surface area contributed by atoms with Crippen molar-refractivity contribution in [2.45, 2.75) is 0 Å². The van der Waals surface area contributed by atoms with Gasteiger partial charge in [-0.25, -0.2) is 0 Å². The Morgan fingerprint density at radius 1 is 0.419 bits per heavy atom. The highest BCUT2D eigenvalue weighted by Crippen LogP contribution is 2.48. The van der Waals surface area contributed by atoms with Crippen LogP contribution in [0.15, 0.2) is 142 Å². The summed E-state index contributed by atoms with van der Waals surface area (Å²) >= 11 is 1.87. The van der Waals surface area contributed by atoms with E-state index >= 15 is 0 Å². The van der Waals surface area contributed by atoms with Gasteiger partial charge in [0.05, 0.1) is 6.26 Å². The molecule has 2 nitrogen and oxygen atoms in total. The molecule has 0 aliphatic heterocycles. The third-order valence-electron chi connectivity index (χ3n) is 8.96. The topological polar surface area (TPSA) is 26.3 Å². The molecule has 0 N–H and O–H groups in total. The standard InChI is InChI=1S/C40H22O2S/c1-3-11-28-26(9-1)37(23-16-17-25-24-8-5-6-15-35(24)43-36(25)22-23)27-10-2-4-12-29(27)38(28)31-13-7-14-33-40(31)39-30-20-21-41-32(30)18-19-34(39)42-33/h1-22H. The van der Waals surface area contributed by atoms with Crippen LogP contribution in [-0.4, -0.2) is 0 Å². The average molecular weight is 567 g/mol. The summed E-state index contributed by atoms with van der Waals surface area (Å²) in [5.74, 6) is 0. The van der Waals surface area contributed by atoms with Crippen molar-refractivity contribution in [2.24, 2.45) is 0 Å². The van der Waals surface area contributed by atoms with Crippen LogP contribution in [0, 0.1) is 0 Å². The Morgan fingerprint density at radius 3 is 1.86 bits per heavy atom. The summed E-state index contributed by atoms with van der Waals surface area (Å²) in [5.41, 5.74) is 7.54. The normalized spacial score (nSPS) is 12.2. The molecule has 200 valence electrons. The summed E-state index contributed by atoms with van der Waals surface area (Å²) < 4.78 is 14.9. The predicted octanol–water partition coefficient (Wildman–Crippen LogP) is 12.3. The number of hydrogen-bond donors (Lipinski definition) is 0. The summed E-state index contributed by atoms with van der Waals surface area (Å²) in [6.07, 6.45) is 1.76. The fraction of sp³-hybridized carbons (Fsp3) is 0. The highest BCUT2D eigenvalue weighted by atomic mass is 32.1. The van der Waals surface area contributed by atoms with Crippen LogP contribution in [-0.2, 0) is 0 Å². The molecular weight excluding hydrogens is 545 g/mol. The van der Waals surface area contributed by atoms with Crippen LogP contribution in [0.1, 0.15) is 0 Å². The number of rotatable bonds is 2. The van der Waals surface area contributed by atoms with Crippen molar-refractivity contribution in [2.75, 3.05) is 0 Å². The molecule has 0 bridgehead atoms. The molecule has 43 heavy (non-hydrogen) atoms. The minimum absolute atomic E-state index is 0.867. The van der Waals surface area contributed by atoms with Crippen LogP contribution >= 0.6 is 11.3 Å². The summed E-state index contributed by atoms with van der Waals surface area (Å²) in [6, 6.07) is 45.9. The molecule has 0 saturated heterocycles. The number of hydrogen-bond acceptors (Lipinski definition) is 3. The second kappa shape index (κ2) is 8.57. The van der Waals surface area contributed by atoms with E-state index in [4.69, 9.17) is 8.83 Å². The molecule has 0 saturated carbocycles. The lowest BCUT2D eigenvalue weighted by Crippen LogP contribution is -1.91. The van der Waals surface area contributed by atoms with Gasteiger partial charge in [0, 0.05) is 36.3 Å². The molecule has 0 spiro atoms. The van der Waals surface area contributed by atoms with Crippen LogP contribution in [0.4, 0.5) is 0 Å². The Hall–Kier alpha value is -5.38. The van der Waals surface area contributed by atoms with Gasteiger partial charge in [0.15, 0.2) is 0 Å². The van der Waals surface area contributed by atoms with E-state index in [1.807, 2.05) is 29.5 Å². The molecule has 3 aromatic heterocycles. The summed E-state index contributed by atoms with van der Waals surface area (Å²) in [7, 11) is 0. The van der Waals surface area contributed by atoms with E-state index in [-0.39, 0.29) is 0 Å². The van der Waals surface area contributed by atoms with Gasteiger partial charge in [-0.05, 0) is 80.2 Å². The molecule has 3 heterocycles. The SMILES string of the molecule is c1cc(-c2c3ccccc3c(-c3ccc4c(c3)sc3ccccc34)c3ccccc23)c2c(c1)oc1ccc3occc3c12. The lowest BCUT2D eigenvalue weighted by Gasteiger charge is -2.18. The van der Waals surface area contributed by atoms with Crippen molar-refractivity contribution < 1.29 is 8.83 Å². The molecule has 10 aromatic rings. The molecule has 7 aromatic carbocycles. The van der Waals surface area contributed by atoms with E-state index in [9.17, 15) is 0 Å². The first-order chi connectivity index (χ1) is 21.3. The minimum atomic E-state index is 0.867. The number of furan rings is 2. The Balaban J connectivity index is 1.35. The lowest BCUT2D eigenvalue weighted by atomic mass is 9.84. The van der Waals surface area contributed by atoms with Gasteiger partial charge in [-0.1, -0.05) is 91.0 Å². The molecule has 0 unspecified atom stereocenters. The molecule has 10 rings (SSSR count). The third kappa shape index (κ3) is 3.17. The van der Waals surface area contributed by atoms with Crippen LogP contribution in [0.3, 0.4) is 0 Å². The first kappa shape index (κ1) is 23.2. The van der Waals surface area contributed by atoms with Crippen molar-refractivity contribution in [3.8, 4) is 22.3 Å². The van der Waals surface area contributed by atoms with Gasteiger partial charge in [0.25, 0.3) is 0 Å². The maximum Gasteiger partial charge on any atom is 0.136 e. The second-order valence-corrected chi connectivity index (χ2v) is 12.3. The first-order valence-electron chi connectivity index (χ1n) is 14.5. The van der Waals surface area contributed by atoms with E-state index in [1.165, 1.54) is 64.0 Å². The van der Waals surface area contributed by atoms with Gasteiger partial charge >= 0.3 is 0 Å². The monoisotopic (exact) mass is 566 g/mol. The van der Waals surface area contributed by atoms with E-state index in [1.54, 1.807) is 6.26 Å². The van der Waals surface area contributed by atoms with Gasteiger partial charge in [-0.2, -0.15) is 0 Å². The first-order valence-corrected chi connectivity index (χ1v) is 15.3. The molecule has 0 fully saturated rings. The van der Waals surface area contributed by atoms with Crippen molar-refractivity contribution in [1.29, 1.82) is 0 Å². The van der Waals surface area contributed by atoms with Gasteiger partial charge < -0.3 is 8.83 Å². The minimum Gasteiger partial charge on any atom is -0.464 e. The third-order valence-corrected chi connectivity index (χ3v) is 10.1. The number of fused-ring (bicyclic) bond motifs is 10. The number of thiophene rings is 1. The Kier molecular flexibility index (Phi) is 4.63. The van der Waals surface area contributed by atoms with Crippen LogP contribution < -0.4 is 0 Å². The molecule has 0 amide bonds. The molecule has 0 aliphatic carbocycles. The zero-order valence-corrected chi connectivity index (χ0v) is 23.7. The predicted molar refractivity (Wildman–Crippen MR) is 182 cm³/mol. The Labute approximate surface area is 250 Å². The summed E-state index contributed by atoms with van der Waals surface area (Å²) in [6.45, 7) is 0. The summed E-state index contributed by atoms with van der Waals surface area (Å²) in [5, 5.41) is 10.9. The van der Waals surface area contributed by atoms with Gasteiger partial charge in [0.2, 0.25) is 0 Å². The molecule has 0 radical (unpaired) electrons. The fourth-order valence-corrected chi connectivity index (χ4v) is 8.32. The smallest absolute Gasteiger partial charge is 0.136 e. The highest BCUT2D eigenvalue weighted by Gasteiger charge is 2.21. The van der Waals surface area contributed by atoms with Gasteiger partial charge in [-0.15, -0.1) is 11.3 Å². The zero-order valence-electron chi connectivity index (χ0n) is 22.9. The molecule has 3 heteroatoms. The Bertz CT molecular complexity index is 2680. The number of benzene rings is 7. The van der Waals surface area contributed by atoms with Crippen molar-refractivity contribution in [3.05, 3.63) is 134 Å². The van der Waals surface area contributed by atoms with Crippen molar-refractivity contribution >= 4 is 86.0 Å². The van der Waals surface area contributed by atoms with E-state index in [2.05, 4.69) is 109 Å². The van der Waals surface area contributed by atoms with E-state index < -0.39 is 0 Å². The van der Waals surface area contributed by atoms with Crippen LogP contribution in [0.25, 0.3) is 96.9 Å². The molecule has 0 atom stereocenters. The Morgan fingerprint density at radius 2 is 1.07 bits per heavy atom.